The Morgan fingerprint density at radius 2 is 1.75 bits per heavy atom. The zero-order valence-corrected chi connectivity index (χ0v) is 12.1. The first-order valence-electron chi connectivity index (χ1n) is 6.69. The fourth-order valence-electron chi connectivity index (χ4n) is 1.80. The molecule has 0 aliphatic carbocycles. The summed E-state index contributed by atoms with van der Waals surface area (Å²) in [5.41, 5.74) is 6.81. The molecule has 0 saturated carbocycles. The van der Waals surface area contributed by atoms with E-state index in [4.69, 9.17) is 5.73 Å². The molecule has 1 aromatic carbocycles. The monoisotopic (exact) mass is 278 g/mol. The largest absolute Gasteiger partial charge is 0.399 e. The van der Waals surface area contributed by atoms with Gasteiger partial charge in [0.05, 0.1) is 0 Å². The predicted octanol–water partition coefficient (Wildman–Crippen LogP) is 1.65. The van der Waals surface area contributed by atoms with Crippen molar-refractivity contribution >= 4 is 23.3 Å². The zero-order valence-electron chi connectivity index (χ0n) is 12.1. The van der Waals surface area contributed by atoms with E-state index >= 15 is 0 Å². The van der Waals surface area contributed by atoms with Gasteiger partial charge >= 0.3 is 6.03 Å². The molecular formula is C14H22N4O2. The summed E-state index contributed by atoms with van der Waals surface area (Å²) in [6.07, 6.45) is 0. The molecule has 0 heterocycles. The Balaban J connectivity index is 2.53. The van der Waals surface area contributed by atoms with Crippen LogP contribution in [0.25, 0.3) is 0 Å². The van der Waals surface area contributed by atoms with Crippen molar-refractivity contribution in [1.82, 2.24) is 10.2 Å². The van der Waals surface area contributed by atoms with Gasteiger partial charge in [0.25, 0.3) is 0 Å². The van der Waals surface area contributed by atoms with Crippen LogP contribution in [0.3, 0.4) is 0 Å². The molecule has 1 aromatic rings. The Kier molecular flexibility index (Phi) is 5.83. The number of nitrogen functional groups attached to an aromatic ring is 1. The Hall–Kier alpha value is -2.24. The van der Waals surface area contributed by atoms with Gasteiger partial charge in [0.2, 0.25) is 5.91 Å². The highest BCUT2D eigenvalue weighted by Crippen LogP contribution is 2.10. The number of rotatable bonds is 5. The van der Waals surface area contributed by atoms with Crippen molar-refractivity contribution in [3.63, 3.8) is 0 Å². The minimum absolute atomic E-state index is 0.0949. The van der Waals surface area contributed by atoms with Gasteiger partial charge in [-0.1, -0.05) is 0 Å². The molecule has 0 aliphatic heterocycles. The summed E-state index contributed by atoms with van der Waals surface area (Å²) < 4.78 is 0. The van der Waals surface area contributed by atoms with Crippen LogP contribution >= 0.6 is 0 Å². The number of urea groups is 1. The average Bonchev–Trinajstić information content (AvgIpc) is 2.42. The van der Waals surface area contributed by atoms with Crippen LogP contribution in [0.1, 0.15) is 20.8 Å². The van der Waals surface area contributed by atoms with Crippen LogP contribution in [0.4, 0.5) is 16.2 Å². The first-order chi connectivity index (χ1) is 9.47. The number of nitrogens with zero attached hydrogens (tertiary/aromatic N) is 1. The van der Waals surface area contributed by atoms with Crippen molar-refractivity contribution in [2.24, 2.45) is 0 Å². The molecule has 3 amide bonds. The minimum atomic E-state index is -0.566. The van der Waals surface area contributed by atoms with Crippen LogP contribution in [-0.4, -0.2) is 36.0 Å². The number of amides is 3. The average molecular weight is 278 g/mol. The normalized spacial score (nSPS) is 11.6. The third kappa shape index (κ3) is 4.46. The van der Waals surface area contributed by atoms with Gasteiger partial charge in [-0.05, 0) is 45.0 Å². The number of carbonyl (C=O) groups excluding carboxylic acids is 2. The van der Waals surface area contributed by atoms with E-state index in [1.54, 1.807) is 36.1 Å². The van der Waals surface area contributed by atoms with Crippen molar-refractivity contribution < 1.29 is 9.59 Å². The van der Waals surface area contributed by atoms with Crippen LogP contribution in [-0.2, 0) is 4.79 Å². The molecule has 1 unspecified atom stereocenters. The van der Waals surface area contributed by atoms with Gasteiger partial charge in [-0.2, -0.15) is 0 Å². The molecule has 6 heteroatoms. The quantitative estimate of drug-likeness (QED) is 0.716. The zero-order chi connectivity index (χ0) is 15.1. The summed E-state index contributed by atoms with van der Waals surface area (Å²) in [6.45, 7) is 6.73. The van der Waals surface area contributed by atoms with E-state index in [1.165, 1.54) is 0 Å². The van der Waals surface area contributed by atoms with Gasteiger partial charge < -0.3 is 21.3 Å². The van der Waals surface area contributed by atoms with E-state index < -0.39 is 12.1 Å². The van der Waals surface area contributed by atoms with Gasteiger partial charge in [-0.25, -0.2) is 4.79 Å². The Labute approximate surface area is 119 Å². The summed E-state index contributed by atoms with van der Waals surface area (Å²) in [5, 5.41) is 5.27. The van der Waals surface area contributed by atoms with E-state index in [9.17, 15) is 9.59 Å². The third-order valence-electron chi connectivity index (χ3n) is 2.96. The highest BCUT2D eigenvalue weighted by atomic mass is 16.2. The standard InChI is InChI=1S/C14H22N4O2/c1-4-18(5-2)13(19)10(3)16-14(20)17-12-8-6-11(15)7-9-12/h6-10H,4-5,15H2,1-3H3,(H2,16,17,20). The third-order valence-corrected chi connectivity index (χ3v) is 2.96. The number of benzene rings is 1. The minimum Gasteiger partial charge on any atom is -0.399 e. The lowest BCUT2D eigenvalue weighted by Crippen LogP contribution is -2.48. The van der Waals surface area contributed by atoms with Crippen LogP contribution < -0.4 is 16.4 Å². The van der Waals surface area contributed by atoms with Crippen LogP contribution in [0, 0.1) is 0 Å². The molecule has 1 rings (SSSR count). The first-order valence-corrected chi connectivity index (χ1v) is 6.69. The van der Waals surface area contributed by atoms with Crippen molar-refractivity contribution in [2.45, 2.75) is 26.8 Å². The molecular weight excluding hydrogens is 256 g/mol. The van der Waals surface area contributed by atoms with Crippen LogP contribution in [0.2, 0.25) is 0 Å². The second-order valence-electron chi connectivity index (χ2n) is 4.45. The van der Waals surface area contributed by atoms with Crippen molar-refractivity contribution in [1.29, 1.82) is 0 Å². The Bertz CT molecular complexity index is 455. The smallest absolute Gasteiger partial charge is 0.319 e. The second kappa shape index (κ2) is 7.37. The van der Waals surface area contributed by atoms with Crippen molar-refractivity contribution in [3.8, 4) is 0 Å². The van der Waals surface area contributed by atoms with Crippen molar-refractivity contribution in [2.75, 3.05) is 24.1 Å². The van der Waals surface area contributed by atoms with E-state index in [2.05, 4.69) is 10.6 Å². The number of hydrogen-bond acceptors (Lipinski definition) is 3. The van der Waals surface area contributed by atoms with Gasteiger partial charge in [0.15, 0.2) is 0 Å². The number of carbonyl (C=O) groups is 2. The summed E-state index contributed by atoms with van der Waals surface area (Å²) in [6, 6.07) is 5.81. The second-order valence-corrected chi connectivity index (χ2v) is 4.45. The summed E-state index contributed by atoms with van der Waals surface area (Å²) >= 11 is 0. The lowest BCUT2D eigenvalue weighted by molar-refractivity contribution is -0.132. The summed E-state index contributed by atoms with van der Waals surface area (Å²) in [4.78, 5) is 25.5. The molecule has 4 N–H and O–H groups in total. The molecule has 110 valence electrons. The predicted molar refractivity (Wildman–Crippen MR) is 80.4 cm³/mol. The molecule has 0 aliphatic rings. The topological polar surface area (TPSA) is 87.5 Å². The fraction of sp³-hybridized carbons (Fsp3) is 0.429. The Morgan fingerprint density at radius 3 is 2.25 bits per heavy atom. The molecule has 0 aromatic heterocycles. The number of anilines is 2. The molecule has 0 saturated heterocycles. The maximum atomic E-state index is 12.0. The molecule has 20 heavy (non-hydrogen) atoms. The van der Waals surface area contributed by atoms with E-state index in [-0.39, 0.29) is 5.91 Å². The van der Waals surface area contributed by atoms with Gasteiger partial charge in [-0.3, -0.25) is 4.79 Å². The van der Waals surface area contributed by atoms with E-state index in [0.717, 1.165) is 0 Å². The number of hydrogen-bond donors (Lipinski definition) is 3. The van der Waals surface area contributed by atoms with Crippen molar-refractivity contribution in [3.05, 3.63) is 24.3 Å². The molecule has 0 bridgehead atoms. The number of nitrogens with two attached hydrogens (primary N) is 1. The summed E-state index contributed by atoms with van der Waals surface area (Å²) in [7, 11) is 0. The van der Waals surface area contributed by atoms with Gasteiger partial charge in [0.1, 0.15) is 6.04 Å². The van der Waals surface area contributed by atoms with Crippen LogP contribution in [0.15, 0.2) is 24.3 Å². The lowest BCUT2D eigenvalue weighted by atomic mass is 10.2. The first kappa shape index (κ1) is 15.8. The van der Waals surface area contributed by atoms with E-state index in [1.807, 2.05) is 13.8 Å². The van der Waals surface area contributed by atoms with E-state index in [0.29, 0.717) is 24.5 Å². The number of likely N-dealkylation sites (N-methyl/N-ethyl adjacent to an activating group) is 1. The Morgan fingerprint density at radius 1 is 1.20 bits per heavy atom. The SMILES string of the molecule is CCN(CC)C(=O)C(C)NC(=O)Nc1ccc(N)cc1. The highest BCUT2D eigenvalue weighted by Gasteiger charge is 2.19. The maximum Gasteiger partial charge on any atom is 0.319 e. The molecule has 0 spiro atoms. The molecule has 0 fully saturated rings. The molecule has 6 nitrogen and oxygen atoms in total. The molecule has 1 atom stereocenters. The van der Waals surface area contributed by atoms with Gasteiger partial charge in [-0.15, -0.1) is 0 Å². The molecule has 0 radical (unpaired) electrons. The lowest BCUT2D eigenvalue weighted by Gasteiger charge is -2.23. The highest BCUT2D eigenvalue weighted by molar-refractivity contribution is 5.93. The summed E-state index contributed by atoms with van der Waals surface area (Å²) in [5.74, 6) is -0.0949. The fourth-order valence-corrected chi connectivity index (χ4v) is 1.80. The number of nitrogens with one attached hydrogen (secondary N) is 2. The van der Waals surface area contributed by atoms with Crippen LogP contribution in [0.5, 0.6) is 0 Å². The van der Waals surface area contributed by atoms with Gasteiger partial charge in [0, 0.05) is 24.5 Å². The maximum absolute atomic E-state index is 12.0.